The first kappa shape index (κ1) is 17.9. The molecule has 0 bridgehead atoms. The van der Waals surface area contributed by atoms with Gasteiger partial charge in [-0.3, -0.25) is 4.99 Å². The normalized spacial score (nSPS) is 20.4. The fraction of sp³-hybridized carbons (Fsp3) is 0.611. The van der Waals surface area contributed by atoms with Crippen molar-refractivity contribution in [2.45, 2.75) is 13.8 Å². The fourth-order valence-corrected chi connectivity index (χ4v) is 3.12. The van der Waals surface area contributed by atoms with Crippen LogP contribution in [0.2, 0.25) is 0 Å². The lowest BCUT2D eigenvalue weighted by molar-refractivity contribution is -0.0946. The second kappa shape index (κ2) is 7.56. The van der Waals surface area contributed by atoms with Crippen LogP contribution >= 0.6 is 0 Å². The third-order valence-electron chi connectivity index (χ3n) is 4.67. The molecule has 2 aliphatic rings. The SMILES string of the molecule is CCNC(=NCC1(C)COC1)N1CCN(c2cc(F)ccc2F)CC1. The molecule has 2 heterocycles. The van der Waals surface area contributed by atoms with Crippen LogP contribution in [-0.4, -0.2) is 63.3 Å². The number of nitrogens with one attached hydrogen (secondary N) is 1. The number of halogens is 2. The molecule has 0 spiro atoms. The van der Waals surface area contributed by atoms with Crippen molar-refractivity contribution in [1.29, 1.82) is 0 Å². The second-order valence-electron chi connectivity index (χ2n) is 7.04. The summed E-state index contributed by atoms with van der Waals surface area (Å²) in [7, 11) is 0. The van der Waals surface area contributed by atoms with E-state index in [2.05, 4.69) is 17.1 Å². The Bertz CT molecular complexity index is 626. The van der Waals surface area contributed by atoms with E-state index in [0.29, 0.717) is 18.8 Å². The molecule has 0 saturated carbocycles. The lowest BCUT2D eigenvalue weighted by Crippen LogP contribution is -2.53. The van der Waals surface area contributed by atoms with Crippen molar-refractivity contribution in [2.24, 2.45) is 10.4 Å². The number of nitrogens with zero attached hydrogens (tertiary/aromatic N) is 3. The lowest BCUT2D eigenvalue weighted by atomic mass is 9.89. The molecule has 1 N–H and O–H groups in total. The topological polar surface area (TPSA) is 40.1 Å². The van der Waals surface area contributed by atoms with Crippen molar-refractivity contribution in [3.8, 4) is 0 Å². The smallest absolute Gasteiger partial charge is 0.194 e. The predicted octanol–water partition coefficient (Wildman–Crippen LogP) is 2.09. The van der Waals surface area contributed by atoms with Gasteiger partial charge in [0.25, 0.3) is 0 Å². The van der Waals surface area contributed by atoms with Crippen LogP contribution in [0, 0.1) is 17.0 Å². The van der Waals surface area contributed by atoms with E-state index in [1.807, 2.05) is 11.8 Å². The van der Waals surface area contributed by atoms with Gasteiger partial charge in [-0.2, -0.15) is 0 Å². The minimum absolute atomic E-state index is 0.132. The number of anilines is 1. The number of aliphatic imine (C=N–C) groups is 1. The van der Waals surface area contributed by atoms with Gasteiger partial charge in [-0.05, 0) is 19.1 Å². The number of guanidine groups is 1. The summed E-state index contributed by atoms with van der Waals surface area (Å²) < 4.78 is 32.7. The molecule has 3 rings (SSSR count). The molecule has 0 aliphatic carbocycles. The van der Waals surface area contributed by atoms with E-state index in [1.54, 1.807) is 0 Å². The largest absolute Gasteiger partial charge is 0.380 e. The molecule has 7 heteroatoms. The number of piperazine rings is 1. The van der Waals surface area contributed by atoms with Crippen molar-refractivity contribution >= 4 is 11.6 Å². The van der Waals surface area contributed by atoms with Crippen molar-refractivity contribution in [3.05, 3.63) is 29.8 Å². The molecule has 25 heavy (non-hydrogen) atoms. The van der Waals surface area contributed by atoms with Gasteiger partial charge in [0.05, 0.1) is 25.4 Å². The van der Waals surface area contributed by atoms with Gasteiger partial charge in [0.1, 0.15) is 11.6 Å². The Morgan fingerprint density at radius 2 is 1.96 bits per heavy atom. The molecule has 2 aliphatic heterocycles. The predicted molar refractivity (Wildman–Crippen MR) is 95.0 cm³/mol. The van der Waals surface area contributed by atoms with E-state index >= 15 is 0 Å². The van der Waals surface area contributed by atoms with E-state index in [1.165, 1.54) is 12.1 Å². The lowest BCUT2D eigenvalue weighted by Gasteiger charge is -2.39. The Labute approximate surface area is 147 Å². The van der Waals surface area contributed by atoms with Crippen molar-refractivity contribution < 1.29 is 13.5 Å². The fourth-order valence-electron chi connectivity index (χ4n) is 3.12. The van der Waals surface area contributed by atoms with Crippen LogP contribution in [-0.2, 0) is 4.74 Å². The van der Waals surface area contributed by atoms with Gasteiger partial charge in [-0.15, -0.1) is 0 Å². The Hall–Kier alpha value is -1.89. The zero-order chi connectivity index (χ0) is 17.9. The quantitative estimate of drug-likeness (QED) is 0.665. The summed E-state index contributed by atoms with van der Waals surface area (Å²) in [6.07, 6.45) is 0. The first-order chi connectivity index (χ1) is 12.0. The summed E-state index contributed by atoms with van der Waals surface area (Å²) in [6, 6.07) is 3.60. The third-order valence-corrected chi connectivity index (χ3v) is 4.67. The summed E-state index contributed by atoms with van der Waals surface area (Å²) in [4.78, 5) is 8.83. The van der Waals surface area contributed by atoms with Crippen LogP contribution in [0.1, 0.15) is 13.8 Å². The van der Waals surface area contributed by atoms with E-state index < -0.39 is 5.82 Å². The number of hydrogen-bond acceptors (Lipinski definition) is 3. The maximum absolute atomic E-state index is 14.0. The molecule has 138 valence electrons. The number of hydrogen-bond donors (Lipinski definition) is 1. The monoisotopic (exact) mass is 352 g/mol. The van der Waals surface area contributed by atoms with Crippen LogP contribution < -0.4 is 10.2 Å². The number of benzene rings is 1. The highest BCUT2D eigenvalue weighted by molar-refractivity contribution is 5.80. The maximum Gasteiger partial charge on any atom is 0.194 e. The van der Waals surface area contributed by atoms with E-state index in [9.17, 15) is 8.78 Å². The molecule has 5 nitrogen and oxygen atoms in total. The summed E-state index contributed by atoms with van der Waals surface area (Å²) in [5.74, 6) is 0.0908. The Kier molecular flexibility index (Phi) is 5.42. The van der Waals surface area contributed by atoms with Crippen LogP contribution in [0.4, 0.5) is 14.5 Å². The molecule has 0 aromatic heterocycles. The molecule has 0 unspecified atom stereocenters. The van der Waals surface area contributed by atoms with E-state index in [4.69, 9.17) is 9.73 Å². The molecule has 1 aromatic carbocycles. The first-order valence-electron chi connectivity index (χ1n) is 8.82. The highest BCUT2D eigenvalue weighted by Gasteiger charge is 2.33. The maximum atomic E-state index is 14.0. The molecule has 0 atom stereocenters. The average Bonchev–Trinajstić information content (AvgIpc) is 2.59. The molecule has 2 fully saturated rings. The first-order valence-corrected chi connectivity index (χ1v) is 8.82. The highest BCUT2D eigenvalue weighted by atomic mass is 19.1. The minimum Gasteiger partial charge on any atom is -0.380 e. The zero-order valence-corrected chi connectivity index (χ0v) is 14.9. The molecule has 1 aromatic rings. The van der Waals surface area contributed by atoms with Gasteiger partial charge < -0.3 is 19.9 Å². The van der Waals surface area contributed by atoms with Crippen LogP contribution in [0.3, 0.4) is 0 Å². The van der Waals surface area contributed by atoms with Gasteiger partial charge in [0, 0.05) is 44.2 Å². The standard InChI is InChI=1S/C18H26F2N4O/c1-3-21-17(22-11-18(2)12-25-13-18)24-8-6-23(7-9-24)16-10-14(19)4-5-15(16)20/h4-5,10H,3,6-9,11-13H2,1-2H3,(H,21,22). The van der Waals surface area contributed by atoms with Crippen molar-refractivity contribution in [1.82, 2.24) is 10.2 Å². The zero-order valence-electron chi connectivity index (χ0n) is 14.9. The van der Waals surface area contributed by atoms with Crippen molar-refractivity contribution in [3.63, 3.8) is 0 Å². The summed E-state index contributed by atoms with van der Waals surface area (Å²) >= 11 is 0. The second-order valence-corrected chi connectivity index (χ2v) is 7.04. The van der Waals surface area contributed by atoms with Gasteiger partial charge >= 0.3 is 0 Å². The summed E-state index contributed by atoms with van der Waals surface area (Å²) in [5.41, 5.74) is 0.466. The molecule has 0 radical (unpaired) electrons. The van der Waals surface area contributed by atoms with Gasteiger partial charge in [0.2, 0.25) is 0 Å². The molecular weight excluding hydrogens is 326 g/mol. The van der Waals surface area contributed by atoms with E-state index in [-0.39, 0.29) is 11.2 Å². The third kappa shape index (κ3) is 4.21. The molecular formula is C18H26F2N4O. The van der Waals surface area contributed by atoms with Gasteiger partial charge in [-0.1, -0.05) is 6.92 Å². The van der Waals surface area contributed by atoms with Gasteiger partial charge in [-0.25, -0.2) is 8.78 Å². The van der Waals surface area contributed by atoms with Crippen LogP contribution in [0.25, 0.3) is 0 Å². The van der Waals surface area contributed by atoms with Crippen LogP contribution in [0.15, 0.2) is 23.2 Å². The Morgan fingerprint density at radius 1 is 1.24 bits per heavy atom. The number of ether oxygens (including phenoxy) is 1. The highest BCUT2D eigenvalue weighted by Crippen LogP contribution is 2.27. The Balaban J connectivity index is 1.62. The number of rotatable bonds is 4. The average molecular weight is 352 g/mol. The minimum atomic E-state index is -0.412. The van der Waals surface area contributed by atoms with Gasteiger partial charge in [0.15, 0.2) is 5.96 Å². The summed E-state index contributed by atoms with van der Waals surface area (Å²) in [6.45, 7) is 9.94. The van der Waals surface area contributed by atoms with Crippen molar-refractivity contribution in [2.75, 3.05) is 57.4 Å². The van der Waals surface area contributed by atoms with E-state index in [0.717, 1.165) is 51.4 Å². The molecule has 2 saturated heterocycles. The molecule has 0 amide bonds. The summed E-state index contributed by atoms with van der Waals surface area (Å²) in [5, 5.41) is 3.33. The van der Waals surface area contributed by atoms with Crippen LogP contribution in [0.5, 0.6) is 0 Å². The Morgan fingerprint density at radius 3 is 2.56 bits per heavy atom.